The van der Waals surface area contributed by atoms with Crippen molar-refractivity contribution in [3.05, 3.63) is 28.8 Å². The summed E-state index contributed by atoms with van der Waals surface area (Å²) < 4.78 is 5.11. The van der Waals surface area contributed by atoms with Crippen molar-refractivity contribution in [2.24, 2.45) is 5.92 Å². The average Bonchev–Trinajstić information content (AvgIpc) is 2.59. The summed E-state index contributed by atoms with van der Waals surface area (Å²) in [5, 5.41) is 10.1. The Morgan fingerprint density at radius 3 is 2.75 bits per heavy atom. The minimum Gasteiger partial charge on any atom is -0.507 e. The maximum Gasteiger partial charge on any atom is 0.342 e. The highest BCUT2D eigenvalue weighted by Gasteiger charge is 2.35. The Hall–Kier alpha value is -1.75. The number of carbonyl (C=O) groups is 2. The van der Waals surface area contributed by atoms with E-state index >= 15 is 0 Å². The second-order valence-corrected chi connectivity index (χ2v) is 7.02. The number of carbonyl (C=O) groups excluding carboxylic acids is 2. The standard InChI is InChI=1S/C18H22ClNO4/c19-13-7-8-14(16(21)10-13)18(23)24-11-17(22)20-9-3-5-12-4-1-2-6-15(12)20/h7-8,10,12,15,21H,1-6,9,11H2/t12-,15-/m0/s1. The van der Waals surface area contributed by atoms with Crippen LogP contribution in [-0.2, 0) is 9.53 Å². The van der Waals surface area contributed by atoms with Crippen molar-refractivity contribution >= 4 is 23.5 Å². The van der Waals surface area contributed by atoms with E-state index < -0.39 is 5.97 Å². The highest BCUT2D eigenvalue weighted by atomic mass is 35.5. The van der Waals surface area contributed by atoms with Crippen LogP contribution in [0, 0.1) is 5.92 Å². The van der Waals surface area contributed by atoms with Gasteiger partial charge in [-0.2, -0.15) is 0 Å². The predicted molar refractivity (Wildman–Crippen MR) is 90.1 cm³/mol. The van der Waals surface area contributed by atoms with E-state index in [0.717, 1.165) is 25.8 Å². The molecule has 1 amide bonds. The molecule has 1 aliphatic heterocycles. The van der Waals surface area contributed by atoms with Crippen molar-refractivity contribution < 1.29 is 19.4 Å². The molecular weight excluding hydrogens is 330 g/mol. The van der Waals surface area contributed by atoms with Crippen LogP contribution in [-0.4, -0.2) is 41.1 Å². The Balaban J connectivity index is 1.59. The third-order valence-electron chi connectivity index (χ3n) is 5.07. The highest BCUT2D eigenvalue weighted by Crippen LogP contribution is 2.35. The van der Waals surface area contributed by atoms with Gasteiger partial charge in [0, 0.05) is 17.6 Å². The molecule has 24 heavy (non-hydrogen) atoms. The number of hydrogen-bond donors (Lipinski definition) is 1. The zero-order valence-electron chi connectivity index (χ0n) is 13.5. The number of rotatable bonds is 3. The van der Waals surface area contributed by atoms with Crippen molar-refractivity contribution in [2.75, 3.05) is 13.2 Å². The number of amides is 1. The first-order valence-electron chi connectivity index (χ1n) is 8.51. The summed E-state index contributed by atoms with van der Waals surface area (Å²) in [4.78, 5) is 26.4. The van der Waals surface area contributed by atoms with Gasteiger partial charge in [-0.05, 0) is 49.8 Å². The second kappa shape index (κ2) is 7.43. The fraction of sp³-hybridized carbons (Fsp3) is 0.556. The number of likely N-dealkylation sites (tertiary alicyclic amines) is 1. The third kappa shape index (κ3) is 3.66. The van der Waals surface area contributed by atoms with Crippen molar-refractivity contribution in [2.45, 2.75) is 44.6 Å². The molecule has 2 aliphatic rings. The molecule has 0 radical (unpaired) electrons. The molecular formula is C18H22ClNO4. The summed E-state index contributed by atoms with van der Waals surface area (Å²) in [5.74, 6) is -0.513. The molecule has 1 aromatic rings. The van der Waals surface area contributed by atoms with Crippen LogP contribution < -0.4 is 0 Å². The lowest BCUT2D eigenvalue weighted by molar-refractivity contribution is -0.140. The molecule has 2 fully saturated rings. The zero-order chi connectivity index (χ0) is 17.1. The van der Waals surface area contributed by atoms with Crippen LogP contribution in [0.15, 0.2) is 18.2 Å². The lowest BCUT2D eigenvalue weighted by atomic mass is 9.78. The second-order valence-electron chi connectivity index (χ2n) is 6.58. The van der Waals surface area contributed by atoms with Gasteiger partial charge in [-0.3, -0.25) is 4.79 Å². The summed E-state index contributed by atoms with van der Waals surface area (Å²) in [5.41, 5.74) is 0.0152. The minimum atomic E-state index is -0.713. The SMILES string of the molecule is O=C(OCC(=O)N1CCC[C@@H]2CCCC[C@@H]21)c1ccc(Cl)cc1O. The molecule has 130 valence electrons. The minimum absolute atomic E-state index is 0.0152. The Bertz CT molecular complexity index is 631. The van der Waals surface area contributed by atoms with Crippen LogP contribution in [0.3, 0.4) is 0 Å². The molecule has 1 heterocycles. The Kier molecular flexibility index (Phi) is 5.29. The topological polar surface area (TPSA) is 66.8 Å². The number of phenolic OH excluding ortho intramolecular Hbond substituents is 1. The molecule has 1 aromatic carbocycles. The quantitative estimate of drug-likeness (QED) is 0.848. The molecule has 0 spiro atoms. The van der Waals surface area contributed by atoms with Gasteiger partial charge in [0.05, 0.1) is 0 Å². The summed E-state index contributed by atoms with van der Waals surface area (Å²) in [6, 6.07) is 4.46. The van der Waals surface area contributed by atoms with Gasteiger partial charge in [-0.15, -0.1) is 0 Å². The monoisotopic (exact) mass is 351 g/mol. The van der Waals surface area contributed by atoms with Gasteiger partial charge in [0.1, 0.15) is 11.3 Å². The van der Waals surface area contributed by atoms with E-state index in [1.54, 1.807) is 0 Å². The molecule has 1 saturated carbocycles. The van der Waals surface area contributed by atoms with Crippen LogP contribution in [0.25, 0.3) is 0 Å². The number of piperidine rings is 1. The van der Waals surface area contributed by atoms with Gasteiger partial charge in [0.2, 0.25) is 0 Å². The number of fused-ring (bicyclic) bond motifs is 1. The summed E-state index contributed by atoms with van der Waals surface area (Å²) in [6.07, 6.45) is 6.83. The first-order chi connectivity index (χ1) is 11.6. The fourth-order valence-corrected chi connectivity index (χ4v) is 4.07. The molecule has 1 saturated heterocycles. The molecule has 3 rings (SSSR count). The van der Waals surface area contributed by atoms with Crippen molar-refractivity contribution in [3.8, 4) is 5.75 Å². The van der Waals surface area contributed by atoms with Crippen LogP contribution in [0.1, 0.15) is 48.9 Å². The zero-order valence-corrected chi connectivity index (χ0v) is 14.3. The molecule has 0 unspecified atom stereocenters. The van der Waals surface area contributed by atoms with Crippen LogP contribution in [0.5, 0.6) is 5.75 Å². The summed E-state index contributed by atoms with van der Waals surface area (Å²) in [7, 11) is 0. The predicted octanol–water partition coefficient (Wildman–Crippen LogP) is 3.38. The first-order valence-corrected chi connectivity index (χ1v) is 8.89. The van der Waals surface area contributed by atoms with E-state index in [9.17, 15) is 14.7 Å². The van der Waals surface area contributed by atoms with Crippen molar-refractivity contribution in [1.29, 1.82) is 0 Å². The largest absolute Gasteiger partial charge is 0.507 e. The number of esters is 1. The van der Waals surface area contributed by atoms with Crippen LogP contribution in [0.4, 0.5) is 0 Å². The number of hydrogen-bond acceptors (Lipinski definition) is 4. The number of nitrogens with zero attached hydrogens (tertiary/aromatic N) is 1. The van der Waals surface area contributed by atoms with Gasteiger partial charge >= 0.3 is 5.97 Å². The van der Waals surface area contributed by atoms with E-state index in [0.29, 0.717) is 17.0 Å². The van der Waals surface area contributed by atoms with E-state index in [1.807, 2.05) is 4.90 Å². The number of ether oxygens (including phenoxy) is 1. The molecule has 6 heteroatoms. The van der Waals surface area contributed by atoms with Gasteiger partial charge < -0.3 is 14.7 Å². The lowest BCUT2D eigenvalue weighted by Gasteiger charge is -2.44. The van der Waals surface area contributed by atoms with Gasteiger partial charge in [-0.1, -0.05) is 24.4 Å². The number of halogens is 1. The Morgan fingerprint density at radius 2 is 1.96 bits per heavy atom. The third-order valence-corrected chi connectivity index (χ3v) is 5.31. The Labute approximate surface area is 146 Å². The number of phenols is 1. The fourth-order valence-electron chi connectivity index (χ4n) is 3.90. The lowest BCUT2D eigenvalue weighted by Crippen LogP contribution is -2.50. The molecule has 5 nitrogen and oxygen atoms in total. The normalized spacial score (nSPS) is 23.5. The van der Waals surface area contributed by atoms with Crippen molar-refractivity contribution in [1.82, 2.24) is 4.90 Å². The average molecular weight is 352 g/mol. The molecule has 0 bridgehead atoms. The summed E-state index contributed by atoms with van der Waals surface area (Å²) in [6.45, 7) is 0.452. The van der Waals surface area contributed by atoms with Crippen LogP contribution >= 0.6 is 11.6 Å². The number of benzene rings is 1. The van der Waals surface area contributed by atoms with Crippen LogP contribution in [0.2, 0.25) is 5.02 Å². The molecule has 1 N–H and O–H groups in total. The van der Waals surface area contributed by atoms with Gasteiger partial charge in [0.25, 0.3) is 5.91 Å². The molecule has 1 aliphatic carbocycles. The highest BCUT2D eigenvalue weighted by molar-refractivity contribution is 6.30. The van der Waals surface area contributed by atoms with E-state index in [4.69, 9.17) is 16.3 Å². The smallest absolute Gasteiger partial charge is 0.342 e. The van der Waals surface area contributed by atoms with E-state index in [1.165, 1.54) is 37.5 Å². The summed E-state index contributed by atoms with van der Waals surface area (Å²) >= 11 is 5.74. The van der Waals surface area contributed by atoms with E-state index in [-0.39, 0.29) is 23.8 Å². The maximum atomic E-state index is 12.5. The first kappa shape index (κ1) is 17.1. The maximum absolute atomic E-state index is 12.5. The van der Waals surface area contributed by atoms with Gasteiger partial charge in [-0.25, -0.2) is 4.79 Å². The molecule has 2 atom stereocenters. The Morgan fingerprint density at radius 1 is 1.21 bits per heavy atom. The van der Waals surface area contributed by atoms with Crippen molar-refractivity contribution in [3.63, 3.8) is 0 Å². The molecule has 0 aromatic heterocycles. The van der Waals surface area contributed by atoms with E-state index in [2.05, 4.69) is 0 Å². The number of aromatic hydroxyl groups is 1. The van der Waals surface area contributed by atoms with Gasteiger partial charge in [0.15, 0.2) is 6.61 Å².